The summed E-state index contributed by atoms with van der Waals surface area (Å²) in [5, 5.41) is 20.3. The van der Waals surface area contributed by atoms with Crippen LogP contribution in [-0.4, -0.2) is 22.0 Å². The van der Waals surface area contributed by atoms with Gasteiger partial charge in [0, 0.05) is 18.4 Å². The molecule has 0 radical (unpaired) electrons. The lowest BCUT2D eigenvalue weighted by Gasteiger charge is -2.00. The van der Waals surface area contributed by atoms with E-state index in [9.17, 15) is 14.0 Å². The normalized spacial score (nSPS) is 10.1. The maximum atomic E-state index is 13.8. The zero-order valence-electron chi connectivity index (χ0n) is 11.9. The van der Waals surface area contributed by atoms with Crippen molar-refractivity contribution in [1.82, 2.24) is 4.98 Å². The van der Waals surface area contributed by atoms with Gasteiger partial charge in [-0.25, -0.2) is 9.37 Å². The van der Waals surface area contributed by atoms with Gasteiger partial charge in [-0.15, -0.1) is 0 Å². The molecular weight excluding hydrogens is 321 g/mol. The molecule has 2 rings (SSSR count). The minimum absolute atomic E-state index is 0.0306. The molecule has 8 heteroatoms. The molecule has 1 aromatic heterocycles. The largest absolute Gasteiger partial charge is 0.481 e. The number of nitrogens with zero attached hydrogens (tertiary/aromatic N) is 2. The molecule has 23 heavy (non-hydrogen) atoms. The van der Waals surface area contributed by atoms with Crippen LogP contribution in [0.25, 0.3) is 11.3 Å². The SMILES string of the molecule is N#Cc1sc(NC(=O)CCCC(=O)O)nc1-c1ccccc1F. The molecule has 0 unspecified atom stereocenters. The van der Waals surface area contributed by atoms with E-state index in [1.807, 2.05) is 6.07 Å². The van der Waals surface area contributed by atoms with Gasteiger partial charge in [-0.05, 0) is 18.6 Å². The molecule has 0 saturated carbocycles. The fourth-order valence-electron chi connectivity index (χ4n) is 1.87. The van der Waals surface area contributed by atoms with E-state index in [0.717, 1.165) is 11.3 Å². The van der Waals surface area contributed by atoms with Crippen LogP contribution < -0.4 is 5.32 Å². The van der Waals surface area contributed by atoms with Crippen LogP contribution in [0, 0.1) is 17.1 Å². The van der Waals surface area contributed by atoms with Crippen molar-refractivity contribution in [2.75, 3.05) is 5.32 Å². The average molecular weight is 333 g/mol. The van der Waals surface area contributed by atoms with Gasteiger partial charge < -0.3 is 10.4 Å². The van der Waals surface area contributed by atoms with Crippen LogP contribution in [0.4, 0.5) is 9.52 Å². The van der Waals surface area contributed by atoms with E-state index in [4.69, 9.17) is 10.4 Å². The molecule has 0 fully saturated rings. The molecule has 6 nitrogen and oxygen atoms in total. The molecule has 1 heterocycles. The summed E-state index contributed by atoms with van der Waals surface area (Å²) < 4.78 is 13.8. The van der Waals surface area contributed by atoms with Gasteiger partial charge in [0.2, 0.25) is 5.91 Å². The molecule has 1 aromatic carbocycles. The first-order valence-corrected chi connectivity index (χ1v) is 7.50. The Kier molecular flexibility index (Phi) is 5.38. The zero-order chi connectivity index (χ0) is 16.8. The fraction of sp³-hybridized carbons (Fsp3) is 0.200. The number of halogens is 1. The number of nitriles is 1. The lowest BCUT2D eigenvalue weighted by Crippen LogP contribution is -2.11. The number of amides is 1. The Bertz CT molecular complexity index is 783. The van der Waals surface area contributed by atoms with Crippen LogP contribution >= 0.6 is 11.3 Å². The molecular formula is C15H12FN3O3S. The van der Waals surface area contributed by atoms with Gasteiger partial charge in [0.1, 0.15) is 22.5 Å². The fourth-order valence-corrected chi connectivity index (χ4v) is 2.66. The molecule has 118 valence electrons. The third-order valence-corrected chi connectivity index (χ3v) is 3.77. The van der Waals surface area contributed by atoms with Crippen LogP contribution in [0.5, 0.6) is 0 Å². The van der Waals surface area contributed by atoms with Gasteiger partial charge in [-0.2, -0.15) is 5.26 Å². The van der Waals surface area contributed by atoms with Gasteiger partial charge in [-0.1, -0.05) is 23.5 Å². The molecule has 2 aromatic rings. The van der Waals surface area contributed by atoms with Crippen molar-refractivity contribution < 1.29 is 19.1 Å². The number of hydrogen-bond donors (Lipinski definition) is 2. The quantitative estimate of drug-likeness (QED) is 0.846. The zero-order valence-corrected chi connectivity index (χ0v) is 12.7. The third-order valence-electron chi connectivity index (χ3n) is 2.90. The van der Waals surface area contributed by atoms with Gasteiger partial charge in [0.05, 0.1) is 0 Å². The highest BCUT2D eigenvalue weighted by Crippen LogP contribution is 2.32. The minimum Gasteiger partial charge on any atom is -0.481 e. The Balaban J connectivity index is 2.14. The number of anilines is 1. The summed E-state index contributed by atoms with van der Waals surface area (Å²) in [4.78, 5) is 26.4. The van der Waals surface area contributed by atoms with Crippen molar-refractivity contribution in [2.24, 2.45) is 0 Å². The predicted octanol–water partition coefficient (Wildman–Crippen LogP) is 3.01. The second-order valence-corrected chi connectivity index (χ2v) is 5.58. The van der Waals surface area contributed by atoms with Crippen LogP contribution in [0.2, 0.25) is 0 Å². The lowest BCUT2D eigenvalue weighted by atomic mass is 10.1. The predicted molar refractivity (Wildman–Crippen MR) is 82.3 cm³/mol. The lowest BCUT2D eigenvalue weighted by molar-refractivity contribution is -0.137. The first-order chi connectivity index (χ1) is 11.0. The number of nitrogens with one attached hydrogen (secondary N) is 1. The maximum Gasteiger partial charge on any atom is 0.303 e. The maximum absolute atomic E-state index is 13.8. The van der Waals surface area contributed by atoms with Gasteiger partial charge in [-0.3, -0.25) is 9.59 Å². The number of carboxylic acids is 1. The van der Waals surface area contributed by atoms with E-state index in [-0.39, 0.29) is 40.5 Å². The highest BCUT2D eigenvalue weighted by Gasteiger charge is 2.17. The van der Waals surface area contributed by atoms with Gasteiger partial charge >= 0.3 is 5.97 Å². The topological polar surface area (TPSA) is 103 Å². The number of carboxylic acid groups (broad SMARTS) is 1. The summed E-state index contributed by atoms with van der Waals surface area (Å²) in [5.41, 5.74) is 0.364. The van der Waals surface area contributed by atoms with E-state index in [1.54, 1.807) is 6.07 Å². The number of rotatable bonds is 6. The van der Waals surface area contributed by atoms with E-state index >= 15 is 0 Å². The van der Waals surface area contributed by atoms with Gasteiger partial charge in [0.15, 0.2) is 5.13 Å². The smallest absolute Gasteiger partial charge is 0.303 e. The van der Waals surface area contributed by atoms with Crippen molar-refractivity contribution in [2.45, 2.75) is 19.3 Å². The standard InChI is InChI=1S/C15H12FN3O3S/c16-10-5-2-1-4-9(10)14-11(8-17)23-15(19-14)18-12(20)6-3-7-13(21)22/h1-2,4-5H,3,6-7H2,(H,21,22)(H,18,19,20). The van der Waals surface area contributed by atoms with E-state index in [0.29, 0.717) is 0 Å². The third kappa shape index (κ3) is 4.34. The first-order valence-electron chi connectivity index (χ1n) is 6.68. The Morgan fingerprint density at radius 1 is 1.35 bits per heavy atom. The Hall–Kier alpha value is -2.79. The van der Waals surface area contributed by atoms with Crippen molar-refractivity contribution in [3.8, 4) is 17.3 Å². The summed E-state index contributed by atoms with van der Waals surface area (Å²) in [5.74, 6) is -1.88. The highest BCUT2D eigenvalue weighted by atomic mass is 32.1. The van der Waals surface area contributed by atoms with Crippen LogP contribution in [0.3, 0.4) is 0 Å². The molecule has 0 aliphatic heterocycles. The molecule has 1 amide bonds. The summed E-state index contributed by atoms with van der Waals surface area (Å²) in [6.45, 7) is 0. The molecule has 2 N–H and O–H groups in total. The molecule has 0 atom stereocenters. The van der Waals surface area contributed by atoms with Crippen molar-refractivity contribution in [3.05, 3.63) is 35.0 Å². The summed E-state index contributed by atoms with van der Waals surface area (Å²) in [6.07, 6.45) is 0.135. The van der Waals surface area contributed by atoms with Crippen molar-refractivity contribution >= 4 is 28.3 Å². The minimum atomic E-state index is -0.972. The molecule has 0 aliphatic rings. The number of aliphatic carboxylic acids is 1. The summed E-state index contributed by atoms with van der Waals surface area (Å²) in [6, 6.07) is 7.86. The Morgan fingerprint density at radius 2 is 2.09 bits per heavy atom. The number of aromatic nitrogens is 1. The molecule has 0 saturated heterocycles. The van der Waals surface area contributed by atoms with E-state index in [2.05, 4.69) is 10.3 Å². The number of benzene rings is 1. The van der Waals surface area contributed by atoms with E-state index < -0.39 is 17.7 Å². The van der Waals surface area contributed by atoms with Crippen molar-refractivity contribution in [1.29, 1.82) is 5.26 Å². The van der Waals surface area contributed by atoms with Crippen LogP contribution in [0.15, 0.2) is 24.3 Å². The van der Waals surface area contributed by atoms with Gasteiger partial charge in [0.25, 0.3) is 0 Å². The van der Waals surface area contributed by atoms with Crippen LogP contribution in [-0.2, 0) is 9.59 Å². The molecule has 0 spiro atoms. The second kappa shape index (κ2) is 7.47. The average Bonchev–Trinajstić information content (AvgIpc) is 2.90. The highest BCUT2D eigenvalue weighted by molar-refractivity contribution is 7.16. The summed E-state index contributed by atoms with van der Waals surface area (Å²) >= 11 is 0.944. The Morgan fingerprint density at radius 3 is 2.74 bits per heavy atom. The molecule has 0 bridgehead atoms. The first kappa shape index (κ1) is 16.6. The number of thiazole rings is 1. The van der Waals surface area contributed by atoms with Crippen molar-refractivity contribution in [3.63, 3.8) is 0 Å². The second-order valence-electron chi connectivity index (χ2n) is 4.58. The number of carbonyl (C=O) groups excluding carboxylic acids is 1. The molecule has 0 aliphatic carbocycles. The summed E-state index contributed by atoms with van der Waals surface area (Å²) in [7, 11) is 0. The monoisotopic (exact) mass is 333 g/mol. The van der Waals surface area contributed by atoms with E-state index in [1.165, 1.54) is 18.2 Å². The Labute approximate surface area is 135 Å². The van der Waals surface area contributed by atoms with Crippen LogP contribution in [0.1, 0.15) is 24.1 Å². The number of hydrogen-bond acceptors (Lipinski definition) is 5. The number of carbonyl (C=O) groups is 2.